The zero-order chi connectivity index (χ0) is 13.5. The van der Waals surface area contributed by atoms with Crippen LogP contribution in [-0.4, -0.2) is 36.3 Å². The predicted molar refractivity (Wildman–Crippen MR) is 72.6 cm³/mol. The average molecular weight is 272 g/mol. The average Bonchev–Trinajstić information content (AvgIpc) is 2.75. The number of thiazole rings is 1. The van der Waals surface area contributed by atoms with E-state index >= 15 is 0 Å². The number of carbonyl (C=O) groups is 1. The monoisotopic (exact) mass is 272 g/mol. The van der Waals surface area contributed by atoms with Gasteiger partial charge in [0.1, 0.15) is 4.88 Å². The Hall–Kier alpha value is -1.14. The maximum atomic E-state index is 11.1. The molecular weight excluding hydrogens is 252 g/mol. The van der Waals surface area contributed by atoms with Crippen molar-refractivity contribution < 1.29 is 14.6 Å². The molecule has 0 fully saturated rings. The van der Waals surface area contributed by atoms with Crippen molar-refractivity contribution in [1.29, 1.82) is 0 Å². The van der Waals surface area contributed by atoms with Gasteiger partial charge in [0.15, 0.2) is 5.13 Å². The van der Waals surface area contributed by atoms with Crippen LogP contribution in [0, 0.1) is 0 Å². The molecule has 0 unspecified atom stereocenters. The number of aromatic nitrogens is 1. The van der Waals surface area contributed by atoms with Crippen LogP contribution in [0.25, 0.3) is 0 Å². The lowest BCUT2D eigenvalue weighted by Gasteiger charge is -2.18. The summed E-state index contributed by atoms with van der Waals surface area (Å²) in [6.07, 6.45) is 2.19. The van der Waals surface area contributed by atoms with Gasteiger partial charge in [0.05, 0.1) is 12.3 Å². The molecule has 102 valence electrons. The molecule has 0 spiro atoms. The van der Waals surface area contributed by atoms with Gasteiger partial charge in [-0.1, -0.05) is 24.7 Å². The summed E-state index contributed by atoms with van der Waals surface area (Å²) in [5, 5.41) is 9.91. The third-order valence-electron chi connectivity index (χ3n) is 2.60. The topological polar surface area (TPSA) is 62.7 Å². The number of rotatable bonds is 8. The van der Waals surface area contributed by atoms with Crippen LogP contribution < -0.4 is 4.90 Å². The predicted octanol–water partition coefficient (Wildman–Crippen LogP) is 2.61. The van der Waals surface area contributed by atoms with Gasteiger partial charge in [0.25, 0.3) is 0 Å². The number of ether oxygens (including phenoxy) is 1. The van der Waals surface area contributed by atoms with Crippen molar-refractivity contribution in [1.82, 2.24) is 4.98 Å². The zero-order valence-corrected chi connectivity index (χ0v) is 11.9. The van der Waals surface area contributed by atoms with Gasteiger partial charge in [-0.25, -0.2) is 9.78 Å². The summed E-state index contributed by atoms with van der Waals surface area (Å²) in [6, 6.07) is 0. The number of carboxylic acids is 1. The summed E-state index contributed by atoms with van der Waals surface area (Å²) in [5.41, 5.74) is 0.514. The summed E-state index contributed by atoms with van der Waals surface area (Å²) in [7, 11) is 1.54. The molecule has 0 saturated carbocycles. The van der Waals surface area contributed by atoms with Gasteiger partial charge in [-0.05, 0) is 13.3 Å². The van der Waals surface area contributed by atoms with Crippen LogP contribution in [0.2, 0.25) is 0 Å². The molecule has 1 N–H and O–H groups in total. The lowest BCUT2D eigenvalue weighted by atomic mass is 10.3. The highest BCUT2D eigenvalue weighted by atomic mass is 32.1. The molecule has 1 aromatic rings. The molecule has 18 heavy (non-hydrogen) atoms. The van der Waals surface area contributed by atoms with Crippen molar-refractivity contribution in [2.24, 2.45) is 0 Å². The van der Waals surface area contributed by atoms with Gasteiger partial charge >= 0.3 is 5.97 Å². The summed E-state index contributed by atoms with van der Waals surface area (Å²) in [4.78, 5) is 17.9. The van der Waals surface area contributed by atoms with Crippen LogP contribution in [0.5, 0.6) is 0 Å². The van der Waals surface area contributed by atoms with Gasteiger partial charge < -0.3 is 14.7 Å². The van der Waals surface area contributed by atoms with Gasteiger partial charge in [-0.2, -0.15) is 0 Å². The Morgan fingerprint density at radius 3 is 2.72 bits per heavy atom. The molecule has 0 saturated heterocycles. The van der Waals surface area contributed by atoms with E-state index in [1.54, 1.807) is 7.11 Å². The largest absolute Gasteiger partial charge is 0.477 e. The summed E-state index contributed by atoms with van der Waals surface area (Å²) in [5.74, 6) is -0.933. The number of carboxylic acid groups (broad SMARTS) is 1. The standard InChI is InChI=1S/C12H20N2O3S/c1-4-6-7-14(5-2)12-13-9(8-17-3)10(18-12)11(15)16/h4-8H2,1-3H3,(H,15,16). The summed E-state index contributed by atoms with van der Waals surface area (Å²) < 4.78 is 4.99. The van der Waals surface area contributed by atoms with Crippen LogP contribution in [0.1, 0.15) is 42.1 Å². The fourth-order valence-corrected chi connectivity index (χ4v) is 2.61. The van der Waals surface area contributed by atoms with E-state index in [0.29, 0.717) is 5.69 Å². The molecule has 0 bridgehead atoms. The highest BCUT2D eigenvalue weighted by Gasteiger charge is 2.19. The van der Waals surface area contributed by atoms with Crippen LogP contribution in [-0.2, 0) is 11.3 Å². The highest BCUT2D eigenvalue weighted by molar-refractivity contribution is 7.17. The van der Waals surface area contributed by atoms with Crippen LogP contribution >= 0.6 is 11.3 Å². The lowest BCUT2D eigenvalue weighted by Crippen LogP contribution is -2.23. The Morgan fingerprint density at radius 1 is 1.50 bits per heavy atom. The van der Waals surface area contributed by atoms with E-state index in [-0.39, 0.29) is 11.5 Å². The molecule has 0 atom stereocenters. The second-order valence-electron chi connectivity index (χ2n) is 3.94. The number of anilines is 1. The molecule has 1 heterocycles. The third kappa shape index (κ3) is 3.68. The molecule has 0 aliphatic rings. The highest BCUT2D eigenvalue weighted by Crippen LogP contribution is 2.27. The molecule has 5 nitrogen and oxygen atoms in total. The van der Waals surface area contributed by atoms with E-state index in [1.807, 2.05) is 6.92 Å². The van der Waals surface area contributed by atoms with E-state index in [9.17, 15) is 4.79 Å². The molecule has 1 aromatic heterocycles. The second kappa shape index (κ2) is 7.33. The summed E-state index contributed by atoms with van der Waals surface area (Å²) in [6.45, 7) is 6.16. The van der Waals surface area contributed by atoms with Crippen molar-refractivity contribution in [3.63, 3.8) is 0 Å². The van der Waals surface area contributed by atoms with Gasteiger partial charge in [-0.15, -0.1) is 0 Å². The molecular formula is C12H20N2O3S. The fraction of sp³-hybridized carbons (Fsp3) is 0.667. The number of aromatic carboxylic acids is 1. The Balaban J connectivity index is 2.93. The first-order valence-electron chi connectivity index (χ1n) is 6.10. The smallest absolute Gasteiger partial charge is 0.347 e. The number of methoxy groups -OCH3 is 1. The van der Waals surface area contributed by atoms with Crippen molar-refractivity contribution in [3.05, 3.63) is 10.6 Å². The molecule has 1 rings (SSSR count). The Kier molecular flexibility index (Phi) is 6.07. The fourth-order valence-electron chi connectivity index (χ4n) is 1.61. The van der Waals surface area contributed by atoms with Gasteiger partial charge in [0, 0.05) is 20.2 Å². The maximum Gasteiger partial charge on any atom is 0.347 e. The van der Waals surface area contributed by atoms with Crippen LogP contribution in [0.15, 0.2) is 0 Å². The second-order valence-corrected chi connectivity index (χ2v) is 4.92. The van der Waals surface area contributed by atoms with Gasteiger partial charge in [0.2, 0.25) is 0 Å². The first kappa shape index (κ1) is 14.9. The molecule has 0 radical (unpaired) electrons. The molecule has 0 amide bonds. The number of nitrogens with zero attached hydrogens (tertiary/aromatic N) is 2. The van der Waals surface area contributed by atoms with E-state index in [4.69, 9.17) is 9.84 Å². The zero-order valence-electron chi connectivity index (χ0n) is 11.1. The van der Waals surface area contributed by atoms with E-state index in [1.165, 1.54) is 11.3 Å². The maximum absolute atomic E-state index is 11.1. The molecule has 0 aromatic carbocycles. The number of hydrogen-bond donors (Lipinski definition) is 1. The van der Waals surface area contributed by atoms with E-state index in [2.05, 4.69) is 16.8 Å². The number of hydrogen-bond acceptors (Lipinski definition) is 5. The van der Waals surface area contributed by atoms with Crippen LogP contribution in [0.3, 0.4) is 0 Å². The minimum Gasteiger partial charge on any atom is -0.477 e. The third-order valence-corrected chi connectivity index (χ3v) is 3.74. The SMILES string of the molecule is CCCCN(CC)c1nc(COC)c(C(=O)O)s1. The van der Waals surface area contributed by atoms with Gasteiger partial charge in [-0.3, -0.25) is 0 Å². The van der Waals surface area contributed by atoms with E-state index < -0.39 is 5.97 Å². The Bertz CT molecular complexity index is 393. The van der Waals surface area contributed by atoms with Crippen molar-refractivity contribution in [2.45, 2.75) is 33.3 Å². The van der Waals surface area contributed by atoms with Crippen molar-refractivity contribution in [3.8, 4) is 0 Å². The normalized spacial score (nSPS) is 10.6. The first-order valence-corrected chi connectivity index (χ1v) is 6.92. The molecule has 0 aliphatic carbocycles. The molecule has 6 heteroatoms. The quantitative estimate of drug-likeness (QED) is 0.788. The Labute approximate surface area is 111 Å². The van der Waals surface area contributed by atoms with Crippen LogP contribution in [0.4, 0.5) is 5.13 Å². The van der Waals surface area contributed by atoms with Crippen molar-refractivity contribution >= 4 is 22.4 Å². The Morgan fingerprint density at radius 2 is 2.22 bits per heavy atom. The molecule has 0 aliphatic heterocycles. The number of unbranched alkanes of at least 4 members (excludes halogenated alkanes) is 1. The first-order chi connectivity index (χ1) is 8.63. The summed E-state index contributed by atoms with van der Waals surface area (Å²) >= 11 is 1.23. The van der Waals surface area contributed by atoms with E-state index in [0.717, 1.165) is 31.1 Å². The minimum atomic E-state index is -0.933. The minimum absolute atomic E-state index is 0.240. The van der Waals surface area contributed by atoms with Crippen molar-refractivity contribution in [2.75, 3.05) is 25.1 Å². The lowest BCUT2D eigenvalue weighted by molar-refractivity contribution is 0.0697.